The average Bonchev–Trinajstić information content (AvgIpc) is 3.32. The second-order valence-corrected chi connectivity index (χ2v) is 7.06. The van der Waals surface area contributed by atoms with E-state index in [-0.39, 0.29) is 0 Å². The van der Waals surface area contributed by atoms with Crippen molar-refractivity contribution in [2.45, 2.75) is 51.5 Å². The van der Waals surface area contributed by atoms with Gasteiger partial charge in [0.15, 0.2) is 0 Å². The van der Waals surface area contributed by atoms with Gasteiger partial charge in [-0.2, -0.15) is 4.98 Å². The molecule has 2 aliphatic rings. The van der Waals surface area contributed by atoms with Gasteiger partial charge in [0.05, 0.1) is 0 Å². The average molecular weight is 325 g/mol. The van der Waals surface area contributed by atoms with Gasteiger partial charge in [0.25, 0.3) is 0 Å². The molecule has 4 rings (SSSR count). The quantitative estimate of drug-likeness (QED) is 0.845. The molecule has 1 aromatic heterocycles. The molecule has 5 heteroatoms. The predicted octanol–water partition coefficient (Wildman–Crippen LogP) is 3.38. The third-order valence-corrected chi connectivity index (χ3v) is 5.36. The van der Waals surface area contributed by atoms with E-state index in [9.17, 15) is 4.79 Å². The number of carbonyl (C=O) groups is 1. The van der Waals surface area contributed by atoms with Crippen LogP contribution in [0.5, 0.6) is 0 Å². The van der Waals surface area contributed by atoms with E-state index in [4.69, 9.17) is 4.52 Å². The van der Waals surface area contributed by atoms with Crippen molar-refractivity contribution in [2.75, 3.05) is 6.54 Å². The predicted molar refractivity (Wildman–Crippen MR) is 90.3 cm³/mol. The monoisotopic (exact) mass is 325 g/mol. The number of aromatic nitrogens is 2. The van der Waals surface area contributed by atoms with Crippen LogP contribution in [0.4, 0.5) is 0 Å². The summed E-state index contributed by atoms with van der Waals surface area (Å²) >= 11 is 0. The number of nitrogens with zero attached hydrogens (tertiary/aromatic N) is 3. The van der Waals surface area contributed by atoms with Crippen LogP contribution in [0, 0.1) is 12.8 Å². The number of benzene rings is 1. The van der Waals surface area contributed by atoms with Gasteiger partial charge in [-0.3, -0.25) is 4.79 Å². The van der Waals surface area contributed by atoms with Gasteiger partial charge in [0.1, 0.15) is 0 Å². The van der Waals surface area contributed by atoms with E-state index in [1.807, 2.05) is 31.2 Å². The Morgan fingerprint density at radius 2 is 2.21 bits per heavy atom. The fourth-order valence-corrected chi connectivity index (χ4v) is 4.05. The van der Waals surface area contributed by atoms with Crippen LogP contribution < -0.4 is 0 Å². The second kappa shape index (κ2) is 6.38. The number of likely N-dealkylation sites (tertiary alicyclic amines) is 1. The van der Waals surface area contributed by atoms with Gasteiger partial charge >= 0.3 is 0 Å². The molecule has 2 heterocycles. The summed E-state index contributed by atoms with van der Waals surface area (Å²) in [5.74, 6) is 2.29. The van der Waals surface area contributed by atoms with Crippen LogP contribution in [0.1, 0.15) is 43.6 Å². The van der Waals surface area contributed by atoms with Crippen molar-refractivity contribution in [1.29, 1.82) is 0 Å². The highest BCUT2D eigenvalue weighted by Crippen LogP contribution is 2.37. The molecule has 2 atom stereocenters. The molecule has 1 amide bonds. The molecule has 0 radical (unpaired) electrons. The lowest BCUT2D eigenvalue weighted by Crippen LogP contribution is -2.37. The smallest absolute Gasteiger partial charge is 0.226 e. The minimum atomic E-state index is 0.292. The van der Waals surface area contributed by atoms with Crippen LogP contribution >= 0.6 is 0 Å². The standard InChI is InChI=1S/C19H23N3O2/c1-13-5-2-3-6-16(13)19-20-17(24-21-19)7-4-8-18(23)22-12-14-9-10-15(22)11-14/h2-3,5-6,14-15H,4,7-12H2,1H3/t14-,15-/m0/s1. The van der Waals surface area contributed by atoms with Gasteiger partial charge < -0.3 is 9.42 Å². The molecule has 0 N–H and O–H groups in total. The summed E-state index contributed by atoms with van der Waals surface area (Å²) in [6.07, 6.45) is 5.72. The largest absolute Gasteiger partial charge is 0.339 e. The Bertz CT molecular complexity index is 740. The van der Waals surface area contributed by atoms with Crippen molar-refractivity contribution in [2.24, 2.45) is 5.92 Å². The van der Waals surface area contributed by atoms with E-state index in [2.05, 4.69) is 15.0 Å². The van der Waals surface area contributed by atoms with Crippen LogP contribution in [0.15, 0.2) is 28.8 Å². The van der Waals surface area contributed by atoms with E-state index in [0.717, 1.165) is 30.0 Å². The van der Waals surface area contributed by atoms with Crippen LogP contribution in [0.2, 0.25) is 0 Å². The number of piperidine rings is 1. The van der Waals surface area contributed by atoms with Crippen molar-refractivity contribution in [3.05, 3.63) is 35.7 Å². The molecule has 1 saturated heterocycles. The van der Waals surface area contributed by atoms with Crippen molar-refractivity contribution >= 4 is 5.91 Å². The van der Waals surface area contributed by atoms with Gasteiger partial charge in [-0.25, -0.2) is 0 Å². The number of hydrogen-bond acceptors (Lipinski definition) is 4. The Morgan fingerprint density at radius 1 is 1.33 bits per heavy atom. The molecule has 2 aromatic rings. The van der Waals surface area contributed by atoms with Gasteiger partial charge in [0, 0.05) is 31.0 Å². The van der Waals surface area contributed by atoms with Crippen LogP contribution in [-0.2, 0) is 11.2 Å². The zero-order valence-electron chi connectivity index (χ0n) is 14.1. The lowest BCUT2D eigenvalue weighted by atomic mass is 10.1. The summed E-state index contributed by atoms with van der Waals surface area (Å²) in [5, 5.41) is 4.07. The van der Waals surface area contributed by atoms with Crippen LogP contribution in [0.3, 0.4) is 0 Å². The fraction of sp³-hybridized carbons (Fsp3) is 0.526. The molecule has 2 bridgehead atoms. The summed E-state index contributed by atoms with van der Waals surface area (Å²) < 4.78 is 5.34. The first kappa shape index (κ1) is 15.4. The lowest BCUT2D eigenvalue weighted by molar-refractivity contribution is -0.132. The maximum Gasteiger partial charge on any atom is 0.226 e. The molecular weight excluding hydrogens is 302 g/mol. The zero-order valence-corrected chi connectivity index (χ0v) is 14.1. The normalized spacial score (nSPS) is 22.3. The summed E-state index contributed by atoms with van der Waals surface area (Å²) in [6.45, 7) is 3.01. The molecule has 1 aromatic carbocycles. The first-order valence-corrected chi connectivity index (χ1v) is 8.89. The van der Waals surface area contributed by atoms with E-state index in [1.54, 1.807) is 0 Å². The minimum absolute atomic E-state index is 0.292. The van der Waals surface area contributed by atoms with Gasteiger partial charge in [-0.05, 0) is 44.1 Å². The van der Waals surface area contributed by atoms with Crippen LogP contribution in [-0.4, -0.2) is 33.5 Å². The SMILES string of the molecule is Cc1ccccc1-c1noc(CCCC(=O)N2C[C@H]3CC[C@H]2C3)n1. The van der Waals surface area contributed by atoms with Gasteiger partial charge in [-0.15, -0.1) is 0 Å². The highest BCUT2D eigenvalue weighted by Gasteiger charge is 2.39. The topological polar surface area (TPSA) is 59.2 Å². The summed E-state index contributed by atoms with van der Waals surface area (Å²) in [5.41, 5.74) is 2.13. The first-order valence-electron chi connectivity index (χ1n) is 8.89. The Morgan fingerprint density at radius 3 is 2.96 bits per heavy atom. The van der Waals surface area contributed by atoms with E-state index >= 15 is 0 Å². The summed E-state index contributed by atoms with van der Waals surface area (Å²) in [4.78, 5) is 18.9. The molecule has 1 aliphatic heterocycles. The summed E-state index contributed by atoms with van der Waals surface area (Å²) in [7, 11) is 0. The molecule has 1 saturated carbocycles. The zero-order chi connectivity index (χ0) is 16.5. The molecule has 0 unspecified atom stereocenters. The molecule has 126 valence electrons. The van der Waals surface area contributed by atoms with Gasteiger partial charge in [-0.1, -0.05) is 29.4 Å². The number of amides is 1. The number of aryl methyl sites for hydroxylation is 2. The maximum atomic E-state index is 12.4. The number of rotatable bonds is 5. The first-order chi connectivity index (χ1) is 11.7. The fourth-order valence-electron chi connectivity index (χ4n) is 4.05. The third-order valence-electron chi connectivity index (χ3n) is 5.36. The molecular formula is C19H23N3O2. The Labute approximate surface area is 142 Å². The third kappa shape index (κ3) is 2.95. The maximum absolute atomic E-state index is 12.4. The van der Waals surface area contributed by atoms with Crippen molar-refractivity contribution in [1.82, 2.24) is 15.0 Å². The molecule has 1 aliphatic carbocycles. The number of hydrogen-bond donors (Lipinski definition) is 0. The summed E-state index contributed by atoms with van der Waals surface area (Å²) in [6, 6.07) is 8.51. The molecule has 5 nitrogen and oxygen atoms in total. The highest BCUT2D eigenvalue weighted by molar-refractivity contribution is 5.77. The van der Waals surface area contributed by atoms with E-state index in [0.29, 0.717) is 36.5 Å². The Balaban J connectivity index is 1.31. The van der Waals surface area contributed by atoms with E-state index in [1.165, 1.54) is 19.3 Å². The lowest BCUT2D eigenvalue weighted by Gasteiger charge is -2.26. The molecule has 2 fully saturated rings. The number of fused-ring (bicyclic) bond motifs is 2. The highest BCUT2D eigenvalue weighted by atomic mass is 16.5. The molecule has 24 heavy (non-hydrogen) atoms. The molecule has 0 spiro atoms. The Kier molecular flexibility index (Phi) is 4.08. The number of carbonyl (C=O) groups excluding carboxylic acids is 1. The van der Waals surface area contributed by atoms with Crippen LogP contribution in [0.25, 0.3) is 11.4 Å². The van der Waals surface area contributed by atoms with E-state index < -0.39 is 0 Å². The van der Waals surface area contributed by atoms with Gasteiger partial charge in [0.2, 0.25) is 17.6 Å². The minimum Gasteiger partial charge on any atom is -0.339 e. The van der Waals surface area contributed by atoms with Crippen molar-refractivity contribution in [3.63, 3.8) is 0 Å². The van der Waals surface area contributed by atoms with Crippen molar-refractivity contribution < 1.29 is 9.32 Å². The van der Waals surface area contributed by atoms with Crippen molar-refractivity contribution in [3.8, 4) is 11.4 Å². The second-order valence-electron chi connectivity index (χ2n) is 7.06. The Hall–Kier alpha value is -2.17.